The average molecular weight is 780 g/mol. The summed E-state index contributed by atoms with van der Waals surface area (Å²) >= 11 is 0. The Balaban J connectivity index is 3.14. The predicted octanol–water partition coefficient (Wildman–Crippen LogP) is 11.9. The van der Waals surface area contributed by atoms with Crippen LogP contribution in [0.15, 0.2) is 178 Å². The lowest BCUT2D eigenvalue weighted by atomic mass is 9.95. The Morgan fingerprint density at radius 2 is 1.64 bits per heavy atom. The van der Waals surface area contributed by atoms with Crippen molar-refractivity contribution in [3.8, 4) is 0 Å². The van der Waals surface area contributed by atoms with Crippen molar-refractivity contribution in [2.75, 3.05) is 4.90 Å². The third kappa shape index (κ3) is 12.0. The summed E-state index contributed by atoms with van der Waals surface area (Å²) in [5, 5.41) is 13.3. The second-order valence-electron chi connectivity index (χ2n) is 14.0. The molecule has 2 aromatic heterocycles. The average Bonchev–Trinajstić information content (AvgIpc) is 3.23. The van der Waals surface area contributed by atoms with Crippen molar-refractivity contribution in [1.82, 2.24) is 9.55 Å². The highest BCUT2D eigenvalue weighted by Crippen LogP contribution is 2.23. The number of rotatable bonds is 13. The number of hydrogen-bond acceptors (Lipinski definition) is 3. The van der Waals surface area contributed by atoms with E-state index in [4.69, 9.17) is 18.1 Å². The molecule has 0 fully saturated rings. The zero-order chi connectivity index (χ0) is 43.6. The van der Waals surface area contributed by atoms with Crippen molar-refractivity contribution < 1.29 is 5.11 Å². The van der Waals surface area contributed by atoms with Crippen LogP contribution < -0.4 is 26.0 Å². The van der Waals surface area contributed by atoms with Crippen LogP contribution in [0.25, 0.3) is 54.8 Å². The molecule has 3 heterocycles. The van der Waals surface area contributed by atoms with Crippen LogP contribution >= 0.6 is 0 Å². The fraction of sp³-hybridized carbons (Fsp3) is 0.145. The summed E-state index contributed by atoms with van der Waals surface area (Å²) in [7, 11) is 0. The van der Waals surface area contributed by atoms with E-state index in [-0.39, 0.29) is 11.7 Å². The van der Waals surface area contributed by atoms with Crippen molar-refractivity contribution in [3.63, 3.8) is 0 Å². The first kappa shape index (κ1) is 46.5. The van der Waals surface area contributed by atoms with Gasteiger partial charge in [-0.3, -0.25) is 4.90 Å². The van der Waals surface area contributed by atoms with Crippen LogP contribution in [0.1, 0.15) is 69.7 Å². The second kappa shape index (κ2) is 22.7. The summed E-state index contributed by atoms with van der Waals surface area (Å²) in [5.74, 6) is 0.636. The van der Waals surface area contributed by atoms with Gasteiger partial charge in [0.25, 0.3) is 0 Å². The fourth-order valence-electron chi connectivity index (χ4n) is 6.63. The lowest BCUT2D eigenvalue weighted by molar-refractivity contribution is 0.434. The van der Waals surface area contributed by atoms with E-state index in [0.717, 1.165) is 55.8 Å². The molecule has 0 saturated carbocycles. The SMILES string of the molecule is C=C/C=C\c1c(C=C)c(C=C)c(/C=C\C)c(=C/C(=C)/C(C)=C/C)/c(=C\C(=C)N(/C(C)=C/C(=C)O)c2ccccn2)n2c(=C)/c1=C\C=C/C(=C)C/C=C\C(CC)/C=C\C2=C. The van der Waals surface area contributed by atoms with Crippen molar-refractivity contribution in [3.05, 3.63) is 221 Å². The molecular formula is C55H61N3O. The summed E-state index contributed by atoms with van der Waals surface area (Å²) in [5.41, 5.74) is 7.95. The van der Waals surface area contributed by atoms with Crippen LogP contribution in [-0.4, -0.2) is 14.7 Å². The summed E-state index contributed by atoms with van der Waals surface area (Å²) in [6.45, 7) is 49.6. The highest BCUT2D eigenvalue weighted by atomic mass is 16.3. The van der Waals surface area contributed by atoms with E-state index in [1.807, 2.05) is 112 Å². The Bertz CT molecular complexity index is 2550. The molecule has 59 heavy (non-hydrogen) atoms. The molecule has 1 atom stereocenters. The van der Waals surface area contributed by atoms with Crippen LogP contribution in [0, 0.1) is 5.92 Å². The minimum absolute atomic E-state index is 0.103. The van der Waals surface area contributed by atoms with Crippen molar-refractivity contribution in [2.24, 2.45) is 5.92 Å². The summed E-state index contributed by atoms with van der Waals surface area (Å²) in [6, 6.07) is 5.65. The molecule has 4 heteroatoms. The normalized spacial score (nSPS) is 17.7. The highest BCUT2D eigenvalue weighted by molar-refractivity contribution is 5.80. The van der Waals surface area contributed by atoms with Gasteiger partial charge in [0, 0.05) is 39.1 Å². The summed E-state index contributed by atoms with van der Waals surface area (Å²) in [6.07, 6.45) is 39.2. The number of nitrogens with zero attached hydrogens (tertiary/aromatic N) is 3. The van der Waals surface area contributed by atoms with Crippen LogP contribution in [0.5, 0.6) is 0 Å². The predicted molar refractivity (Wildman–Crippen MR) is 264 cm³/mol. The summed E-state index contributed by atoms with van der Waals surface area (Å²) < 4.78 is 2.07. The number of hydrogen-bond donors (Lipinski definition) is 1. The molecule has 4 nitrogen and oxygen atoms in total. The van der Waals surface area contributed by atoms with Gasteiger partial charge in [-0.25, -0.2) is 4.98 Å². The van der Waals surface area contributed by atoms with Crippen LogP contribution in [0.3, 0.4) is 0 Å². The number of aliphatic hydroxyl groups is 1. The third-order valence-corrected chi connectivity index (χ3v) is 9.80. The van der Waals surface area contributed by atoms with Gasteiger partial charge < -0.3 is 9.67 Å². The number of allylic oxidation sites excluding steroid dienone is 17. The van der Waals surface area contributed by atoms with Crippen LogP contribution in [0.4, 0.5) is 5.82 Å². The minimum Gasteiger partial charge on any atom is -0.509 e. The van der Waals surface area contributed by atoms with E-state index in [9.17, 15) is 5.11 Å². The molecule has 1 aliphatic rings. The number of anilines is 1. The first-order valence-corrected chi connectivity index (χ1v) is 19.8. The third-order valence-electron chi connectivity index (χ3n) is 9.80. The number of pyridine rings is 1. The highest BCUT2D eigenvalue weighted by Gasteiger charge is 2.16. The number of fused-ring (bicyclic) bond motifs is 2. The molecule has 0 spiro atoms. The van der Waals surface area contributed by atoms with E-state index in [2.05, 4.69) is 94.0 Å². The molecular weight excluding hydrogens is 719 g/mol. The Morgan fingerprint density at radius 1 is 0.932 bits per heavy atom. The topological polar surface area (TPSA) is 41.3 Å². The molecule has 0 amide bonds. The molecule has 0 radical (unpaired) electrons. The van der Waals surface area contributed by atoms with Gasteiger partial charge in [0.05, 0.1) is 5.35 Å². The first-order valence-electron chi connectivity index (χ1n) is 19.8. The van der Waals surface area contributed by atoms with E-state index < -0.39 is 0 Å². The van der Waals surface area contributed by atoms with Gasteiger partial charge in [-0.15, -0.1) is 0 Å². The van der Waals surface area contributed by atoms with Gasteiger partial charge in [-0.2, -0.15) is 0 Å². The Hall–Kier alpha value is -6.91. The minimum atomic E-state index is -0.103. The largest absolute Gasteiger partial charge is 0.509 e. The van der Waals surface area contributed by atoms with E-state index in [1.165, 1.54) is 0 Å². The maximum Gasteiger partial charge on any atom is 0.137 e. The van der Waals surface area contributed by atoms with E-state index in [0.29, 0.717) is 40.0 Å². The molecule has 2 aromatic rings. The molecule has 1 aliphatic heterocycles. The van der Waals surface area contributed by atoms with Crippen molar-refractivity contribution in [1.29, 1.82) is 0 Å². The maximum atomic E-state index is 10.4. The molecule has 1 unspecified atom stereocenters. The number of aliphatic hydroxyl groups excluding tert-OH is 1. The Morgan fingerprint density at radius 3 is 2.24 bits per heavy atom. The monoisotopic (exact) mass is 779 g/mol. The van der Waals surface area contributed by atoms with E-state index in [1.54, 1.807) is 18.3 Å². The Labute approximate surface area is 353 Å². The zero-order valence-electron chi connectivity index (χ0n) is 35.8. The summed E-state index contributed by atoms with van der Waals surface area (Å²) in [4.78, 5) is 6.57. The van der Waals surface area contributed by atoms with Crippen molar-refractivity contribution >= 4 is 60.6 Å². The molecule has 302 valence electrons. The lowest BCUT2D eigenvalue weighted by Gasteiger charge is -2.25. The Kier molecular flexibility index (Phi) is 17.9. The molecule has 0 saturated heterocycles. The van der Waals surface area contributed by atoms with Crippen LogP contribution in [0.2, 0.25) is 0 Å². The first-order chi connectivity index (χ1) is 28.3. The van der Waals surface area contributed by atoms with Gasteiger partial charge in [0.1, 0.15) is 11.6 Å². The zero-order valence-corrected chi connectivity index (χ0v) is 35.8. The molecule has 0 aromatic carbocycles. The van der Waals surface area contributed by atoms with Crippen molar-refractivity contribution in [2.45, 2.75) is 47.5 Å². The maximum absolute atomic E-state index is 10.4. The van der Waals surface area contributed by atoms with Gasteiger partial charge in [0.15, 0.2) is 0 Å². The van der Waals surface area contributed by atoms with Gasteiger partial charge in [-0.1, -0.05) is 163 Å². The molecule has 1 N–H and O–H groups in total. The number of aromatic nitrogens is 2. The van der Waals surface area contributed by atoms with Crippen LogP contribution in [-0.2, 0) is 0 Å². The quantitative estimate of drug-likeness (QED) is 0.125. The molecule has 0 aliphatic carbocycles. The van der Waals surface area contributed by atoms with E-state index >= 15 is 0 Å². The molecule has 2 bridgehead atoms. The second-order valence-corrected chi connectivity index (χ2v) is 14.0. The van der Waals surface area contributed by atoms with Gasteiger partial charge in [0.2, 0.25) is 0 Å². The standard InChI is InChI=1S/C55H61N3O/c1-15-21-30-52-49(20-6)48(19-5)51(26-16-2)53(36-41(9)40(8)17-3)54(38-44(12)57(43(11)37-45(13)59)55-32-22-23-35-56-55)58-42(10)33-34-47(18-4)29-24-27-39(7)28-25-31-50(52)46(58)14/h15-17,19-26,28-38,47,59H,1,5-7,9-10,12-14,18,27H2,2-4,8,11H3/b26-16-,28-25-,29-24-,30-21-,34-33-,40-17+,43-37+,50-31+,51-48?,52-49?,53-36-,54-38+. The van der Waals surface area contributed by atoms with Gasteiger partial charge in [-0.05, 0) is 116 Å². The smallest absolute Gasteiger partial charge is 0.137 e. The fourth-order valence-corrected chi connectivity index (χ4v) is 6.63. The van der Waals surface area contributed by atoms with Gasteiger partial charge >= 0.3 is 0 Å². The molecule has 3 rings (SSSR count). The lowest BCUT2D eigenvalue weighted by Crippen LogP contribution is -2.46.